The van der Waals surface area contributed by atoms with Gasteiger partial charge in [0, 0.05) is 50.2 Å². The van der Waals surface area contributed by atoms with E-state index in [1.807, 2.05) is 22.8 Å². The molecule has 0 bridgehead atoms. The molecule has 6 rings (SSSR count). The summed E-state index contributed by atoms with van der Waals surface area (Å²) in [6, 6.07) is 13.1. The van der Waals surface area contributed by atoms with Crippen molar-refractivity contribution in [3.63, 3.8) is 0 Å². The summed E-state index contributed by atoms with van der Waals surface area (Å²) in [5.74, 6) is 1.85. The highest BCUT2D eigenvalue weighted by molar-refractivity contribution is 5.80. The first-order chi connectivity index (χ1) is 15.7. The minimum absolute atomic E-state index is 0.575. The molecule has 3 aromatic heterocycles. The topological polar surface area (TPSA) is 71.7 Å². The second kappa shape index (κ2) is 8.11. The van der Waals surface area contributed by atoms with Gasteiger partial charge in [0.1, 0.15) is 5.82 Å². The van der Waals surface area contributed by atoms with Gasteiger partial charge in [-0.3, -0.25) is 9.88 Å². The van der Waals surface area contributed by atoms with Crippen LogP contribution in [0.5, 0.6) is 0 Å². The number of rotatable bonds is 4. The van der Waals surface area contributed by atoms with Crippen LogP contribution in [0.25, 0.3) is 16.6 Å². The Morgan fingerprint density at radius 1 is 1.06 bits per heavy atom. The number of hydrogen-bond acceptors (Lipinski definition) is 7. The van der Waals surface area contributed by atoms with Crippen molar-refractivity contribution < 1.29 is 4.74 Å². The normalized spacial score (nSPS) is 19.9. The predicted molar refractivity (Wildman–Crippen MR) is 123 cm³/mol. The van der Waals surface area contributed by atoms with Gasteiger partial charge in [0.05, 0.1) is 18.7 Å². The molecule has 4 aromatic rings. The van der Waals surface area contributed by atoms with Crippen LogP contribution in [-0.2, 0) is 11.2 Å². The number of pyridine rings is 1. The summed E-state index contributed by atoms with van der Waals surface area (Å²) < 4.78 is 7.42. The number of hydrogen-bond donors (Lipinski definition) is 0. The van der Waals surface area contributed by atoms with Crippen molar-refractivity contribution in [2.75, 3.05) is 44.3 Å². The summed E-state index contributed by atoms with van der Waals surface area (Å²) in [6.45, 7) is 7.90. The molecule has 2 aliphatic heterocycles. The van der Waals surface area contributed by atoms with Gasteiger partial charge in [-0.05, 0) is 54.8 Å². The number of ether oxygens (including phenoxy) is 1. The highest BCUT2D eigenvalue weighted by Gasteiger charge is 2.29. The van der Waals surface area contributed by atoms with Crippen molar-refractivity contribution in [2.45, 2.75) is 25.8 Å². The average Bonchev–Trinajstić information content (AvgIpc) is 3.48. The number of anilines is 1. The van der Waals surface area contributed by atoms with Crippen LogP contribution in [0, 0.1) is 6.92 Å². The fourth-order valence-electron chi connectivity index (χ4n) is 4.93. The van der Waals surface area contributed by atoms with E-state index < -0.39 is 0 Å². The van der Waals surface area contributed by atoms with E-state index in [4.69, 9.17) is 9.84 Å². The molecule has 1 atom stereocenters. The fourth-order valence-corrected chi connectivity index (χ4v) is 4.93. The molecule has 2 aliphatic rings. The van der Waals surface area contributed by atoms with Gasteiger partial charge in [-0.25, -0.2) is 0 Å². The van der Waals surface area contributed by atoms with Gasteiger partial charge >= 0.3 is 0 Å². The van der Waals surface area contributed by atoms with E-state index in [1.165, 1.54) is 17.5 Å². The first kappa shape index (κ1) is 19.6. The van der Waals surface area contributed by atoms with Crippen LogP contribution in [0.4, 0.5) is 5.82 Å². The second-order valence-electron chi connectivity index (χ2n) is 8.77. The van der Waals surface area contributed by atoms with Crippen LogP contribution in [0.3, 0.4) is 0 Å². The van der Waals surface area contributed by atoms with Crippen LogP contribution in [0.15, 0.2) is 42.6 Å². The van der Waals surface area contributed by atoms with Gasteiger partial charge in [-0.15, -0.1) is 15.3 Å². The first-order valence-electron chi connectivity index (χ1n) is 11.4. The lowest BCUT2D eigenvalue weighted by Crippen LogP contribution is -2.44. The number of benzene rings is 1. The number of fused-ring (bicyclic) bond motifs is 2. The van der Waals surface area contributed by atoms with Crippen molar-refractivity contribution in [1.82, 2.24) is 29.7 Å². The maximum absolute atomic E-state index is 5.52. The highest BCUT2D eigenvalue weighted by atomic mass is 16.5. The lowest BCUT2D eigenvalue weighted by molar-refractivity contribution is 0.0209. The molecule has 164 valence electrons. The molecule has 8 heteroatoms. The lowest BCUT2D eigenvalue weighted by Gasteiger charge is -2.32. The van der Waals surface area contributed by atoms with Crippen LogP contribution in [0.2, 0.25) is 0 Å². The molecule has 8 nitrogen and oxygen atoms in total. The Hall–Kier alpha value is -3.10. The summed E-state index contributed by atoms with van der Waals surface area (Å²) in [7, 11) is 0. The summed E-state index contributed by atoms with van der Waals surface area (Å²) in [6.07, 6.45) is 3.69. The molecule has 32 heavy (non-hydrogen) atoms. The molecule has 5 heterocycles. The Kier molecular flexibility index (Phi) is 4.96. The summed E-state index contributed by atoms with van der Waals surface area (Å²) in [5, 5.41) is 14.9. The minimum atomic E-state index is 0.575. The van der Waals surface area contributed by atoms with E-state index in [-0.39, 0.29) is 0 Å². The van der Waals surface area contributed by atoms with Gasteiger partial charge in [0.15, 0.2) is 11.5 Å². The minimum Gasteiger partial charge on any atom is -0.379 e. The molecule has 2 fully saturated rings. The lowest BCUT2D eigenvalue weighted by atomic mass is 10.0. The fraction of sp³-hybridized carbons (Fsp3) is 0.417. The maximum Gasteiger partial charge on any atom is 0.178 e. The van der Waals surface area contributed by atoms with Crippen molar-refractivity contribution in [2.24, 2.45) is 0 Å². The van der Waals surface area contributed by atoms with Crippen molar-refractivity contribution in [3.05, 3.63) is 59.5 Å². The van der Waals surface area contributed by atoms with E-state index in [0.717, 1.165) is 67.6 Å². The maximum atomic E-state index is 5.52. The summed E-state index contributed by atoms with van der Waals surface area (Å²) >= 11 is 0. The molecular formula is C24H27N7O. The summed E-state index contributed by atoms with van der Waals surface area (Å²) in [5.41, 5.74) is 4.23. The molecule has 0 saturated carbocycles. The number of aromatic nitrogens is 5. The van der Waals surface area contributed by atoms with E-state index >= 15 is 0 Å². The Morgan fingerprint density at radius 2 is 1.97 bits per heavy atom. The molecule has 0 unspecified atom stereocenters. The van der Waals surface area contributed by atoms with Gasteiger partial charge in [0.2, 0.25) is 0 Å². The van der Waals surface area contributed by atoms with Crippen molar-refractivity contribution in [1.29, 1.82) is 0 Å². The third-order valence-electron chi connectivity index (χ3n) is 6.77. The number of morpholine rings is 1. The van der Waals surface area contributed by atoms with Crippen LogP contribution in [-0.4, -0.2) is 75.1 Å². The van der Waals surface area contributed by atoms with Gasteiger partial charge in [-0.1, -0.05) is 6.07 Å². The molecule has 1 aromatic carbocycles. The molecule has 0 amide bonds. The Morgan fingerprint density at radius 3 is 2.88 bits per heavy atom. The van der Waals surface area contributed by atoms with Crippen molar-refractivity contribution in [3.8, 4) is 0 Å². The van der Waals surface area contributed by atoms with Gasteiger partial charge < -0.3 is 9.64 Å². The molecular weight excluding hydrogens is 402 g/mol. The highest BCUT2D eigenvalue weighted by Crippen LogP contribution is 2.24. The summed E-state index contributed by atoms with van der Waals surface area (Å²) in [4.78, 5) is 9.41. The zero-order chi connectivity index (χ0) is 21.5. The average molecular weight is 430 g/mol. The Balaban J connectivity index is 1.26. The van der Waals surface area contributed by atoms with Crippen LogP contribution < -0.4 is 4.90 Å². The van der Waals surface area contributed by atoms with Gasteiger partial charge in [-0.2, -0.15) is 4.52 Å². The van der Waals surface area contributed by atoms with Gasteiger partial charge in [0.25, 0.3) is 0 Å². The van der Waals surface area contributed by atoms with E-state index in [2.05, 4.69) is 56.2 Å². The molecule has 0 radical (unpaired) electrons. The van der Waals surface area contributed by atoms with E-state index in [9.17, 15) is 0 Å². The molecule has 0 N–H and O–H groups in total. The number of nitrogens with zero attached hydrogens (tertiary/aromatic N) is 7. The third-order valence-corrected chi connectivity index (χ3v) is 6.77. The largest absolute Gasteiger partial charge is 0.379 e. The molecule has 2 saturated heterocycles. The first-order valence-corrected chi connectivity index (χ1v) is 11.4. The van der Waals surface area contributed by atoms with E-state index in [1.54, 1.807) is 0 Å². The van der Waals surface area contributed by atoms with E-state index in [0.29, 0.717) is 12.5 Å². The Labute approximate surface area is 186 Å². The third kappa shape index (κ3) is 3.59. The molecule has 0 spiro atoms. The standard InChI is InChI=1S/C24H27N7O/c1-17-13-21-18(3-2-7-25-21)14-19(17)15-24-27-26-22-4-5-23(28-31(22)24)30-8-6-20(16-30)29-9-11-32-12-10-29/h2-5,7,13-14,20H,6,8-12,15-16H2,1H3/t20-/m1/s1. The quantitative estimate of drug-likeness (QED) is 0.494. The number of aryl methyl sites for hydroxylation is 1. The SMILES string of the molecule is Cc1cc2ncccc2cc1Cc1nnc2ccc(N3CC[C@@H](N4CCOCC4)C3)nn12. The smallest absolute Gasteiger partial charge is 0.178 e. The zero-order valence-electron chi connectivity index (χ0n) is 18.3. The monoisotopic (exact) mass is 429 g/mol. The Bertz CT molecular complexity index is 1260. The predicted octanol–water partition coefficient (Wildman–Crippen LogP) is 2.48. The molecule has 0 aliphatic carbocycles. The van der Waals surface area contributed by atoms with Crippen LogP contribution >= 0.6 is 0 Å². The van der Waals surface area contributed by atoms with Crippen LogP contribution in [0.1, 0.15) is 23.4 Å². The van der Waals surface area contributed by atoms with Crippen molar-refractivity contribution >= 4 is 22.4 Å². The second-order valence-corrected chi connectivity index (χ2v) is 8.77. The zero-order valence-corrected chi connectivity index (χ0v) is 18.3.